The van der Waals surface area contributed by atoms with Crippen LogP contribution in [-0.2, 0) is 22.7 Å². The van der Waals surface area contributed by atoms with E-state index in [-0.39, 0.29) is 38.1 Å². The van der Waals surface area contributed by atoms with Gasteiger partial charge in [-0.3, -0.25) is 14.6 Å². The molecular formula is C29H39FN6O3. The highest BCUT2D eigenvalue weighted by molar-refractivity contribution is 5.87. The number of aromatic nitrogens is 2. The van der Waals surface area contributed by atoms with E-state index in [1.165, 1.54) is 11.1 Å². The first-order valence-corrected chi connectivity index (χ1v) is 13.0. The first-order valence-electron chi connectivity index (χ1n) is 13.0. The van der Waals surface area contributed by atoms with Gasteiger partial charge in [-0.15, -0.1) is 0 Å². The normalized spacial score (nSPS) is 12.5. The number of carbonyl (C=O) groups excluding carboxylic acids is 2. The third-order valence-electron chi connectivity index (χ3n) is 6.78. The summed E-state index contributed by atoms with van der Waals surface area (Å²) in [7, 11) is 1.68. The molecule has 1 aliphatic heterocycles. The highest BCUT2D eigenvalue weighted by Crippen LogP contribution is 2.28. The Morgan fingerprint density at radius 1 is 1.13 bits per heavy atom. The fourth-order valence-corrected chi connectivity index (χ4v) is 4.62. The van der Waals surface area contributed by atoms with Crippen molar-refractivity contribution in [1.82, 2.24) is 25.5 Å². The monoisotopic (exact) mass is 538 g/mol. The minimum atomic E-state index is -0.264. The number of halogens is 1. The van der Waals surface area contributed by atoms with E-state index >= 15 is 0 Å². The molecule has 210 valence electrons. The predicted molar refractivity (Wildman–Crippen MR) is 149 cm³/mol. The number of rotatable bonds is 11. The van der Waals surface area contributed by atoms with Gasteiger partial charge in [0.2, 0.25) is 17.6 Å². The number of amides is 2. The van der Waals surface area contributed by atoms with Crippen LogP contribution in [-0.4, -0.2) is 58.7 Å². The van der Waals surface area contributed by atoms with E-state index in [0.29, 0.717) is 36.9 Å². The predicted octanol–water partition coefficient (Wildman–Crippen LogP) is 4.63. The fraction of sp³-hybridized carbons (Fsp3) is 0.448. The van der Waals surface area contributed by atoms with Gasteiger partial charge in [0.25, 0.3) is 5.91 Å². The number of unbranched alkanes of at least 4 members (excludes halogenated alkanes) is 2. The van der Waals surface area contributed by atoms with Crippen molar-refractivity contribution in [3.8, 4) is 11.4 Å². The van der Waals surface area contributed by atoms with Crippen LogP contribution < -0.4 is 10.2 Å². The first kappa shape index (κ1) is 29.8. The van der Waals surface area contributed by atoms with Crippen LogP contribution in [0.5, 0.6) is 0 Å². The van der Waals surface area contributed by atoms with E-state index in [1.807, 2.05) is 36.2 Å². The summed E-state index contributed by atoms with van der Waals surface area (Å²) >= 11 is 0. The van der Waals surface area contributed by atoms with E-state index < -0.39 is 0 Å². The molecule has 1 aromatic heterocycles. The molecule has 0 aliphatic carbocycles. The van der Waals surface area contributed by atoms with Crippen LogP contribution in [0.15, 0.2) is 40.9 Å². The van der Waals surface area contributed by atoms with Gasteiger partial charge in [0, 0.05) is 50.4 Å². The van der Waals surface area contributed by atoms with Crippen molar-refractivity contribution in [1.29, 1.82) is 0 Å². The number of fused-ring (bicyclic) bond motifs is 1. The standard InChI is InChI=1S/C28H35FN6O3.CH4/c1-5-6-7-13-30-26(36)17-34(25-12-11-21(14-19(25)2)28-31-20(3)38-32-28)18-27(37)33(4)35-15-22-9-8-10-24(29)23(22)16-35;/h8-12,14H,5-7,13,15-18H2,1-4H3,(H,30,36);1H4. The van der Waals surface area contributed by atoms with Gasteiger partial charge in [0.1, 0.15) is 5.82 Å². The number of aryl methyl sites for hydroxylation is 2. The Bertz CT molecular complexity index is 1290. The van der Waals surface area contributed by atoms with Crippen LogP contribution in [0.2, 0.25) is 0 Å². The molecule has 0 unspecified atom stereocenters. The number of carbonyl (C=O) groups is 2. The van der Waals surface area contributed by atoms with Crippen molar-refractivity contribution in [3.05, 3.63) is 64.8 Å². The van der Waals surface area contributed by atoms with E-state index in [2.05, 4.69) is 22.4 Å². The quantitative estimate of drug-likeness (QED) is 0.356. The second-order valence-corrected chi connectivity index (χ2v) is 9.67. The second kappa shape index (κ2) is 13.3. The lowest BCUT2D eigenvalue weighted by Crippen LogP contribution is -2.48. The molecule has 1 aliphatic rings. The molecule has 2 amide bonds. The summed E-state index contributed by atoms with van der Waals surface area (Å²) in [5.74, 6) is 0.341. The zero-order chi connectivity index (χ0) is 27.2. The average Bonchev–Trinajstić information content (AvgIpc) is 3.53. The van der Waals surface area contributed by atoms with Crippen LogP contribution in [0.3, 0.4) is 0 Å². The summed E-state index contributed by atoms with van der Waals surface area (Å²) in [4.78, 5) is 32.3. The summed E-state index contributed by atoms with van der Waals surface area (Å²) in [6, 6.07) is 10.6. The molecule has 0 saturated carbocycles. The molecule has 2 heterocycles. The Kier molecular flexibility index (Phi) is 10.2. The molecule has 0 spiro atoms. The van der Waals surface area contributed by atoms with Gasteiger partial charge >= 0.3 is 0 Å². The smallest absolute Gasteiger partial charge is 0.256 e. The average molecular weight is 539 g/mol. The number of likely N-dealkylation sites (N-methyl/N-ethyl adjacent to an activating group) is 1. The number of hydrogen-bond donors (Lipinski definition) is 1. The van der Waals surface area contributed by atoms with Crippen LogP contribution in [0, 0.1) is 19.7 Å². The van der Waals surface area contributed by atoms with Gasteiger partial charge in [-0.1, -0.05) is 44.5 Å². The number of nitrogens with zero attached hydrogens (tertiary/aromatic N) is 5. The third-order valence-corrected chi connectivity index (χ3v) is 6.78. The fourth-order valence-electron chi connectivity index (χ4n) is 4.62. The SMILES string of the molecule is C.CCCCCNC(=O)CN(CC(=O)N(C)N1Cc2cccc(F)c2C1)c1ccc(-c2noc(C)n2)cc1C. The minimum absolute atomic E-state index is 0. The maximum atomic E-state index is 14.3. The van der Waals surface area contributed by atoms with Crippen LogP contribution in [0.4, 0.5) is 10.1 Å². The van der Waals surface area contributed by atoms with Crippen molar-refractivity contribution in [2.45, 2.75) is 60.5 Å². The number of anilines is 1. The Hall–Kier alpha value is -3.79. The summed E-state index contributed by atoms with van der Waals surface area (Å²) < 4.78 is 19.4. The van der Waals surface area contributed by atoms with E-state index in [4.69, 9.17) is 4.52 Å². The van der Waals surface area contributed by atoms with Crippen LogP contribution >= 0.6 is 0 Å². The lowest BCUT2D eigenvalue weighted by molar-refractivity contribution is -0.145. The molecule has 1 N–H and O–H groups in total. The second-order valence-electron chi connectivity index (χ2n) is 9.67. The van der Waals surface area contributed by atoms with Crippen molar-refractivity contribution >= 4 is 17.5 Å². The minimum Gasteiger partial charge on any atom is -0.355 e. The Balaban J connectivity index is 0.00000420. The highest BCUT2D eigenvalue weighted by atomic mass is 19.1. The van der Waals surface area contributed by atoms with E-state index in [1.54, 1.807) is 24.9 Å². The van der Waals surface area contributed by atoms with Crippen molar-refractivity contribution in [2.24, 2.45) is 0 Å². The molecule has 9 nitrogen and oxygen atoms in total. The molecular weight excluding hydrogens is 499 g/mol. The van der Waals surface area contributed by atoms with Crippen molar-refractivity contribution < 1.29 is 18.5 Å². The third kappa shape index (κ3) is 7.20. The zero-order valence-electron chi connectivity index (χ0n) is 22.5. The first-order chi connectivity index (χ1) is 18.3. The summed E-state index contributed by atoms with van der Waals surface area (Å²) in [5.41, 5.74) is 3.90. The molecule has 2 aromatic carbocycles. The Morgan fingerprint density at radius 3 is 2.59 bits per heavy atom. The molecule has 0 radical (unpaired) electrons. The number of hydrogen-bond acceptors (Lipinski definition) is 7. The number of hydrazine groups is 1. The molecule has 3 aromatic rings. The lowest BCUT2D eigenvalue weighted by atomic mass is 10.1. The van der Waals surface area contributed by atoms with Crippen molar-refractivity contribution in [3.63, 3.8) is 0 Å². The maximum absolute atomic E-state index is 14.3. The van der Waals surface area contributed by atoms with Gasteiger partial charge in [-0.05, 0) is 48.7 Å². The molecule has 10 heteroatoms. The van der Waals surface area contributed by atoms with Gasteiger partial charge in [0.05, 0.1) is 13.1 Å². The summed E-state index contributed by atoms with van der Waals surface area (Å²) in [6.45, 7) is 7.14. The van der Waals surface area contributed by atoms with E-state index in [0.717, 1.165) is 41.6 Å². The largest absolute Gasteiger partial charge is 0.355 e. The topological polar surface area (TPSA) is 94.8 Å². The zero-order valence-corrected chi connectivity index (χ0v) is 22.5. The van der Waals surface area contributed by atoms with Gasteiger partial charge in [-0.25, -0.2) is 9.40 Å². The summed E-state index contributed by atoms with van der Waals surface area (Å²) in [6.07, 6.45) is 3.02. The summed E-state index contributed by atoms with van der Waals surface area (Å²) in [5, 5.41) is 10.3. The van der Waals surface area contributed by atoms with Gasteiger partial charge in [0.15, 0.2) is 0 Å². The van der Waals surface area contributed by atoms with E-state index in [9.17, 15) is 14.0 Å². The lowest BCUT2D eigenvalue weighted by Gasteiger charge is -2.32. The Morgan fingerprint density at radius 2 is 1.92 bits per heavy atom. The van der Waals surface area contributed by atoms with Gasteiger partial charge < -0.3 is 14.7 Å². The molecule has 0 fully saturated rings. The number of benzene rings is 2. The Labute approximate surface area is 229 Å². The maximum Gasteiger partial charge on any atom is 0.256 e. The van der Waals surface area contributed by atoms with Crippen LogP contribution in [0.25, 0.3) is 11.4 Å². The van der Waals surface area contributed by atoms with Crippen molar-refractivity contribution in [2.75, 3.05) is 31.6 Å². The molecule has 4 rings (SSSR count). The highest BCUT2D eigenvalue weighted by Gasteiger charge is 2.28. The number of nitrogens with one attached hydrogen (secondary N) is 1. The molecule has 0 bridgehead atoms. The molecule has 0 atom stereocenters. The molecule has 39 heavy (non-hydrogen) atoms. The van der Waals surface area contributed by atoms with Crippen LogP contribution in [0.1, 0.15) is 56.2 Å². The molecule has 0 saturated heterocycles. The van der Waals surface area contributed by atoms with Gasteiger partial charge in [-0.2, -0.15) is 4.98 Å².